The molecule has 0 aromatic carbocycles. The summed E-state index contributed by atoms with van der Waals surface area (Å²) in [5.41, 5.74) is -0.387. The summed E-state index contributed by atoms with van der Waals surface area (Å²) in [6.07, 6.45) is 6.70. The second-order valence-electron chi connectivity index (χ2n) is 5.39. The van der Waals surface area contributed by atoms with Crippen LogP contribution in [-0.2, 0) is 9.53 Å². The molecule has 2 atom stereocenters. The van der Waals surface area contributed by atoms with E-state index >= 15 is 0 Å². The minimum atomic E-state index is -0.387. The summed E-state index contributed by atoms with van der Waals surface area (Å²) in [6, 6.07) is 0.555. The van der Waals surface area contributed by atoms with Crippen LogP contribution in [0, 0.1) is 0 Å². The van der Waals surface area contributed by atoms with Gasteiger partial charge in [0.15, 0.2) is 0 Å². The largest absolute Gasteiger partial charge is 0.465 e. The van der Waals surface area contributed by atoms with E-state index in [-0.39, 0.29) is 11.5 Å². The average molecular weight is 271 g/mol. The number of hydrogen-bond acceptors (Lipinski definition) is 4. The quantitative estimate of drug-likeness (QED) is 0.754. The third kappa shape index (κ3) is 3.41. The van der Waals surface area contributed by atoms with Crippen molar-refractivity contribution in [1.82, 2.24) is 5.32 Å². The molecule has 0 heterocycles. The number of esters is 1. The van der Waals surface area contributed by atoms with Crippen LogP contribution in [0.15, 0.2) is 0 Å². The van der Waals surface area contributed by atoms with Gasteiger partial charge in [0.25, 0.3) is 0 Å². The van der Waals surface area contributed by atoms with Crippen LogP contribution in [0.2, 0.25) is 0 Å². The summed E-state index contributed by atoms with van der Waals surface area (Å²) in [5.74, 6) is 1.12. The lowest BCUT2D eigenvalue weighted by Crippen LogP contribution is -2.57. The van der Waals surface area contributed by atoms with E-state index in [1.54, 1.807) is 0 Å². The summed E-state index contributed by atoms with van der Waals surface area (Å²) >= 11 is 1.99. The Kier molecular flexibility index (Phi) is 4.96. The van der Waals surface area contributed by atoms with Gasteiger partial charge in [-0.1, -0.05) is 6.92 Å². The Morgan fingerprint density at radius 1 is 1.39 bits per heavy atom. The summed E-state index contributed by atoms with van der Waals surface area (Å²) in [6.45, 7) is 4.57. The Bertz CT molecular complexity index is 292. The number of hydrogen-bond donors (Lipinski definition) is 1. The molecule has 2 unspecified atom stereocenters. The summed E-state index contributed by atoms with van der Waals surface area (Å²) in [5, 5.41) is 4.20. The standard InChI is InChI=1S/C14H25NO2S/c1-3-17-13(16)14(15-11-7-8-11)9-5-6-12(10-14)18-4-2/h11-12,15H,3-10H2,1-2H3. The SMILES string of the molecule is CCOC(=O)C1(NC2CC2)CCCC(SCC)C1. The van der Waals surface area contributed by atoms with Crippen molar-refractivity contribution in [3.8, 4) is 0 Å². The Hall–Kier alpha value is -0.220. The van der Waals surface area contributed by atoms with E-state index < -0.39 is 0 Å². The molecule has 4 heteroatoms. The fraction of sp³-hybridized carbons (Fsp3) is 0.929. The molecular formula is C14H25NO2S. The van der Waals surface area contributed by atoms with Gasteiger partial charge >= 0.3 is 5.97 Å². The lowest BCUT2D eigenvalue weighted by atomic mass is 9.81. The molecule has 104 valence electrons. The Labute approximate surface area is 114 Å². The van der Waals surface area contributed by atoms with Gasteiger partial charge in [-0.3, -0.25) is 10.1 Å². The van der Waals surface area contributed by atoms with Crippen LogP contribution >= 0.6 is 11.8 Å². The maximum Gasteiger partial charge on any atom is 0.326 e. The predicted molar refractivity (Wildman–Crippen MR) is 75.9 cm³/mol. The van der Waals surface area contributed by atoms with E-state index in [2.05, 4.69) is 12.2 Å². The topological polar surface area (TPSA) is 38.3 Å². The second kappa shape index (κ2) is 6.29. The molecular weight excluding hydrogens is 246 g/mol. The fourth-order valence-corrected chi connectivity index (χ4v) is 4.07. The highest BCUT2D eigenvalue weighted by Crippen LogP contribution is 2.38. The van der Waals surface area contributed by atoms with Crippen molar-refractivity contribution in [2.75, 3.05) is 12.4 Å². The van der Waals surface area contributed by atoms with Crippen LogP contribution < -0.4 is 5.32 Å². The first-order chi connectivity index (χ1) is 8.70. The monoisotopic (exact) mass is 271 g/mol. The first kappa shape index (κ1) is 14.2. The molecule has 0 aliphatic heterocycles. The second-order valence-corrected chi connectivity index (χ2v) is 6.97. The van der Waals surface area contributed by atoms with Crippen molar-refractivity contribution >= 4 is 17.7 Å². The lowest BCUT2D eigenvalue weighted by molar-refractivity contribution is -0.152. The highest BCUT2D eigenvalue weighted by atomic mass is 32.2. The number of ether oxygens (including phenoxy) is 1. The Morgan fingerprint density at radius 3 is 2.78 bits per heavy atom. The molecule has 2 rings (SSSR count). The molecule has 0 aromatic rings. The number of carbonyl (C=O) groups excluding carboxylic acids is 1. The number of thioether (sulfide) groups is 1. The molecule has 18 heavy (non-hydrogen) atoms. The molecule has 0 aromatic heterocycles. The zero-order valence-electron chi connectivity index (χ0n) is 11.5. The first-order valence-electron chi connectivity index (χ1n) is 7.26. The highest BCUT2D eigenvalue weighted by Gasteiger charge is 2.46. The van der Waals surface area contributed by atoms with Crippen molar-refractivity contribution in [3.05, 3.63) is 0 Å². The maximum atomic E-state index is 12.3. The molecule has 1 N–H and O–H groups in total. The van der Waals surface area contributed by atoms with Crippen molar-refractivity contribution in [1.29, 1.82) is 0 Å². The third-order valence-electron chi connectivity index (χ3n) is 3.83. The lowest BCUT2D eigenvalue weighted by Gasteiger charge is -2.39. The normalized spacial score (nSPS) is 32.2. The molecule has 0 saturated heterocycles. The predicted octanol–water partition coefficient (Wildman–Crippen LogP) is 2.74. The van der Waals surface area contributed by atoms with E-state index in [4.69, 9.17) is 4.74 Å². The van der Waals surface area contributed by atoms with Crippen LogP contribution in [0.25, 0.3) is 0 Å². The molecule has 3 nitrogen and oxygen atoms in total. The zero-order valence-corrected chi connectivity index (χ0v) is 12.4. The van der Waals surface area contributed by atoms with E-state index in [0.29, 0.717) is 17.9 Å². The van der Waals surface area contributed by atoms with Gasteiger partial charge in [-0.15, -0.1) is 0 Å². The Morgan fingerprint density at radius 2 is 2.17 bits per heavy atom. The smallest absolute Gasteiger partial charge is 0.326 e. The number of carbonyl (C=O) groups is 1. The minimum absolute atomic E-state index is 0.0155. The summed E-state index contributed by atoms with van der Waals surface area (Å²) in [4.78, 5) is 12.3. The highest BCUT2D eigenvalue weighted by molar-refractivity contribution is 7.99. The molecule has 0 bridgehead atoms. The van der Waals surface area contributed by atoms with Gasteiger partial charge in [0.2, 0.25) is 0 Å². The van der Waals surface area contributed by atoms with Gasteiger partial charge < -0.3 is 4.74 Å². The van der Waals surface area contributed by atoms with Gasteiger partial charge in [-0.05, 0) is 51.2 Å². The van der Waals surface area contributed by atoms with Crippen molar-refractivity contribution in [2.24, 2.45) is 0 Å². The van der Waals surface area contributed by atoms with Crippen LogP contribution in [0.1, 0.15) is 52.4 Å². The van der Waals surface area contributed by atoms with Crippen molar-refractivity contribution < 1.29 is 9.53 Å². The van der Waals surface area contributed by atoms with Crippen molar-refractivity contribution in [2.45, 2.75) is 69.2 Å². The third-order valence-corrected chi connectivity index (χ3v) is 5.04. The van der Waals surface area contributed by atoms with Crippen LogP contribution in [0.3, 0.4) is 0 Å². The number of rotatable bonds is 6. The molecule has 2 saturated carbocycles. The minimum Gasteiger partial charge on any atom is -0.465 e. The number of nitrogens with one attached hydrogen (secondary N) is 1. The molecule has 0 radical (unpaired) electrons. The van der Waals surface area contributed by atoms with Gasteiger partial charge in [-0.25, -0.2) is 0 Å². The van der Waals surface area contributed by atoms with E-state index in [9.17, 15) is 4.79 Å². The molecule has 2 aliphatic rings. The first-order valence-corrected chi connectivity index (χ1v) is 8.31. The van der Waals surface area contributed by atoms with Crippen LogP contribution in [0.5, 0.6) is 0 Å². The van der Waals surface area contributed by atoms with E-state index in [0.717, 1.165) is 25.0 Å². The van der Waals surface area contributed by atoms with E-state index in [1.165, 1.54) is 19.3 Å². The van der Waals surface area contributed by atoms with Crippen LogP contribution in [-0.4, -0.2) is 35.2 Å². The van der Waals surface area contributed by atoms with Gasteiger partial charge in [-0.2, -0.15) is 11.8 Å². The maximum absolute atomic E-state index is 12.3. The van der Waals surface area contributed by atoms with Gasteiger partial charge in [0, 0.05) is 11.3 Å². The average Bonchev–Trinajstić information content (AvgIpc) is 3.14. The molecule has 2 fully saturated rings. The fourth-order valence-electron chi connectivity index (χ4n) is 2.87. The zero-order chi connectivity index (χ0) is 13.0. The summed E-state index contributed by atoms with van der Waals surface area (Å²) < 4.78 is 5.33. The molecule has 0 spiro atoms. The van der Waals surface area contributed by atoms with Crippen molar-refractivity contribution in [3.63, 3.8) is 0 Å². The van der Waals surface area contributed by atoms with Gasteiger partial charge in [0.1, 0.15) is 5.54 Å². The van der Waals surface area contributed by atoms with Gasteiger partial charge in [0.05, 0.1) is 6.61 Å². The molecule has 0 amide bonds. The van der Waals surface area contributed by atoms with E-state index in [1.807, 2.05) is 18.7 Å². The summed E-state index contributed by atoms with van der Waals surface area (Å²) in [7, 11) is 0. The Balaban J connectivity index is 2.04. The van der Waals surface area contributed by atoms with Crippen LogP contribution in [0.4, 0.5) is 0 Å². The molecule has 2 aliphatic carbocycles.